The lowest BCUT2D eigenvalue weighted by atomic mass is 9.64. The van der Waals surface area contributed by atoms with Crippen LogP contribution in [0.25, 0.3) is 0 Å². The third-order valence-corrected chi connectivity index (χ3v) is 5.90. The van der Waals surface area contributed by atoms with Crippen molar-refractivity contribution in [2.75, 3.05) is 34.0 Å². The summed E-state index contributed by atoms with van der Waals surface area (Å²) < 4.78 is 21.0. The molecule has 1 aliphatic heterocycles. The van der Waals surface area contributed by atoms with Gasteiger partial charge in [-0.15, -0.1) is 10.2 Å². The number of Topliss-reactive ketones (excluding diaryl/α,β-unsaturated/α-hetero) is 1. The molecule has 0 fully saturated rings. The normalized spacial score (nSPS) is 15.1. The summed E-state index contributed by atoms with van der Waals surface area (Å²) in [4.78, 5) is 40.8. The highest BCUT2D eigenvalue weighted by Gasteiger charge is 2.38. The molecular weight excluding hydrogens is 497 g/mol. The van der Waals surface area contributed by atoms with Crippen LogP contribution in [0.1, 0.15) is 48.9 Å². The van der Waals surface area contributed by atoms with Gasteiger partial charge >= 0.3 is 19.1 Å². The van der Waals surface area contributed by atoms with E-state index in [4.69, 9.17) is 18.9 Å². The van der Waals surface area contributed by atoms with E-state index in [1.807, 2.05) is 19.0 Å². The number of likely N-dealkylation sites (N-methyl/N-ethyl adjacent to an activating group) is 1. The molecule has 2 aromatic rings. The Hall–Kier alpha value is -3.36. The van der Waals surface area contributed by atoms with Crippen LogP contribution in [-0.4, -0.2) is 94.6 Å². The topological polar surface area (TPSA) is 155 Å². The van der Waals surface area contributed by atoms with Gasteiger partial charge in [0, 0.05) is 25.4 Å². The van der Waals surface area contributed by atoms with Crippen LogP contribution in [0.3, 0.4) is 0 Å². The average molecular weight is 531 g/mol. The molecule has 2 heterocycles. The lowest BCUT2D eigenvalue weighted by Gasteiger charge is -2.28. The van der Waals surface area contributed by atoms with Crippen LogP contribution in [0.2, 0.25) is 5.82 Å². The third kappa shape index (κ3) is 7.82. The molecule has 1 aliphatic rings. The molecule has 1 aromatic heterocycles. The van der Waals surface area contributed by atoms with Crippen LogP contribution in [0, 0.1) is 0 Å². The Morgan fingerprint density at radius 3 is 2.74 bits per heavy atom. The highest BCUT2D eigenvalue weighted by Crippen LogP contribution is 2.36. The van der Waals surface area contributed by atoms with Crippen LogP contribution < -0.4 is 4.65 Å². The van der Waals surface area contributed by atoms with Crippen molar-refractivity contribution < 1.29 is 38.3 Å². The van der Waals surface area contributed by atoms with Crippen molar-refractivity contribution >= 4 is 24.8 Å². The number of carbonyl (C=O) groups is 3. The van der Waals surface area contributed by atoms with E-state index < -0.39 is 37.3 Å². The number of carbonyl (C=O) groups excluding carboxylic acids is 3. The largest absolute Gasteiger partial charge is 0.535 e. The van der Waals surface area contributed by atoms with Crippen LogP contribution in [-0.2, 0) is 43.2 Å². The Balaban J connectivity index is 1.56. The van der Waals surface area contributed by atoms with Gasteiger partial charge in [0.2, 0.25) is 6.79 Å². The molecule has 14 heteroatoms. The highest BCUT2D eigenvalue weighted by atomic mass is 16.7. The Morgan fingerprint density at radius 1 is 1.26 bits per heavy atom. The maximum atomic E-state index is 12.7. The van der Waals surface area contributed by atoms with Gasteiger partial charge in [-0.2, -0.15) is 4.80 Å². The molecule has 1 atom stereocenters. The number of ketones is 1. The summed E-state index contributed by atoms with van der Waals surface area (Å²) in [6.45, 7) is 5.86. The van der Waals surface area contributed by atoms with Crippen LogP contribution >= 0.6 is 0 Å². The number of rotatable bonds is 13. The molecule has 206 valence electrons. The molecule has 0 radical (unpaired) electrons. The standard InChI is InChI=1S/C24H34BN5O8/c1-6-37-24(2,3)23(33)36-15-35-22(32)19-9-7-8-16-12-17(25(34)38-21(16)19)13-18(31)14-20-26-28-30(27-20)11-10-29(4)5/h7-9,17,34H,6,10-15H2,1-5H3/t17-/m1/s1. The summed E-state index contributed by atoms with van der Waals surface area (Å²) in [5, 5.41) is 22.7. The number of tetrazole rings is 1. The number of ether oxygens (including phenoxy) is 3. The summed E-state index contributed by atoms with van der Waals surface area (Å²) in [6, 6.07) is 4.88. The second-order valence-corrected chi connectivity index (χ2v) is 9.72. The van der Waals surface area contributed by atoms with E-state index in [1.54, 1.807) is 32.9 Å². The molecule has 3 rings (SSSR count). The summed E-state index contributed by atoms with van der Waals surface area (Å²) in [5.41, 5.74) is -0.458. The van der Waals surface area contributed by atoms with Gasteiger partial charge in [-0.05, 0) is 58.1 Å². The number of nitrogens with zero attached hydrogens (tertiary/aromatic N) is 5. The molecule has 0 spiro atoms. The van der Waals surface area contributed by atoms with Gasteiger partial charge in [0.25, 0.3) is 0 Å². The first-order valence-electron chi connectivity index (χ1n) is 12.4. The van der Waals surface area contributed by atoms with Gasteiger partial charge in [0.15, 0.2) is 11.4 Å². The van der Waals surface area contributed by atoms with E-state index in [2.05, 4.69) is 15.4 Å². The van der Waals surface area contributed by atoms with Crippen molar-refractivity contribution in [2.45, 2.75) is 58.0 Å². The molecule has 1 N–H and O–H groups in total. The van der Waals surface area contributed by atoms with Crippen molar-refractivity contribution in [3.8, 4) is 5.75 Å². The first kappa shape index (κ1) is 29.2. The number of benzene rings is 1. The van der Waals surface area contributed by atoms with E-state index in [0.29, 0.717) is 31.0 Å². The number of hydrogen-bond donors (Lipinski definition) is 1. The Bertz CT molecular complexity index is 1140. The summed E-state index contributed by atoms with van der Waals surface area (Å²) in [6.07, 6.45) is 0.333. The van der Waals surface area contributed by atoms with Crippen LogP contribution in [0.4, 0.5) is 0 Å². The summed E-state index contributed by atoms with van der Waals surface area (Å²) >= 11 is 0. The summed E-state index contributed by atoms with van der Waals surface area (Å²) in [7, 11) is 2.56. The smallest absolute Gasteiger partial charge is 0.526 e. The zero-order valence-corrected chi connectivity index (χ0v) is 22.4. The monoisotopic (exact) mass is 531 g/mol. The van der Waals surface area contributed by atoms with Gasteiger partial charge in [0.05, 0.1) is 13.0 Å². The molecule has 0 saturated heterocycles. The van der Waals surface area contributed by atoms with Crippen molar-refractivity contribution in [1.29, 1.82) is 0 Å². The lowest BCUT2D eigenvalue weighted by molar-refractivity contribution is -0.175. The predicted octanol–water partition coefficient (Wildman–Crippen LogP) is 0.695. The average Bonchev–Trinajstić information content (AvgIpc) is 3.29. The van der Waals surface area contributed by atoms with E-state index in [9.17, 15) is 19.4 Å². The maximum absolute atomic E-state index is 12.7. The van der Waals surface area contributed by atoms with Gasteiger partial charge in [0.1, 0.15) is 17.1 Å². The zero-order valence-electron chi connectivity index (χ0n) is 22.4. The molecule has 0 saturated carbocycles. The van der Waals surface area contributed by atoms with Crippen LogP contribution in [0.15, 0.2) is 18.2 Å². The number of fused-ring (bicyclic) bond motifs is 1. The van der Waals surface area contributed by atoms with E-state index in [0.717, 1.165) is 6.54 Å². The minimum Gasteiger partial charge on any atom is -0.535 e. The molecule has 0 bridgehead atoms. The molecular formula is C24H34BN5O8. The molecule has 38 heavy (non-hydrogen) atoms. The fraction of sp³-hybridized carbons (Fsp3) is 0.583. The predicted molar refractivity (Wildman–Crippen MR) is 134 cm³/mol. The van der Waals surface area contributed by atoms with Gasteiger partial charge < -0.3 is 28.8 Å². The highest BCUT2D eigenvalue weighted by molar-refractivity contribution is 6.47. The molecule has 13 nitrogen and oxygen atoms in total. The van der Waals surface area contributed by atoms with Gasteiger partial charge in [-0.25, -0.2) is 9.59 Å². The minimum atomic E-state index is -1.31. The number of esters is 2. The van der Waals surface area contributed by atoms with Crippen molar-refractivity contribution in [2.24, 2.45) is 0 Å². The fourth-order valence-electron chi connectivity index (χ4n) is 3.90. The Morgan fingerprint density at radius 2 is 2.03 bits per heavy atom. The Kier molecular flexibility index (Phi) is 9.94. The molecule has 0 amide bonds. The van der Waals surface area contributed by atoms with E-state index in [1.165, 1.54) is 10.9 Å². The summed E-state index contributed by atoms with van der Waals surface area (Å²) in [5.74, 6) is -1.66. The first-order valence-corrected chi connectivity index (χ1v) is 12.4. The zero-order chi connectivity index (χ0) is 27.9. The van der Waals surface area contributed by atoms with Gasteiger partial charge in [-0.3, -0.25) is 4.79 Å². The number of para-hydroxylation sites is 1. The maximum Gasteiger partial charge on any atom is 0.526 e. The first-order chi connectivity index (χ1) is 18.0. The van der Waals surface area contributed by atoms with Crippen LogP contribution in [0.5, 0.6) is 5.75 Å². The Labute approximate surface area is 221 Å². The second kappa shape index (κ2) is 12.9. The second-order valence-electron chi connectivity index (χ2n) is 9.72. The number of aromatic nitrogens is 4. The quantitative estimate of drug-likeness (QED) is 0.220. The molecule has 0 aliphatic carbocycles. The molecule has 1 aromatic carbocycles. The van der Waals surface area contributed by atoms with E-state index >= 15 is 0 Å². The third-order valence-electron chi connectivity index (χ3n) is 5.90. The minimum absolute atomic E-state index is 0.0107. The number of hydrogen-bond acceptors (Lipinski definition) is 12. The lowest BCUT2D eigenvalue weighted by Crippen LogP contribution is -2.37. The van der Waals surface area contributed by atoms with E-state index in [-0.39, 0.29) is 29.9 Å². The molecule has 0 unspecified atom stereocenters. The SMILES string of the molecule is CCOC(C)(C)C(=O)OCOC(=O)c1cccc2c1OB(O)[C@@H](CC(=O)Cc1nnn(CCN(C)C)n1)C2. The van der Waals surface area contributed by atoms with Gasteiger partial charge in [-0.1, -0.05) is 12.1 Å². The fourth-order valence-corrected chi connectivity index (χ4v) is 3.90. The van der Waals surface area contributed by atoms with Crippen molar-refractivity contribution in [3.63, 3.8) is 0 Å². The van der Waals surface area contributed by atoms with Crippen molar-refractivity contribution in [3.05, 3.63) is 35.2 Å². The van der Waals surface area contributed by atoms with Crippen molar-refractivity contribution in [1.82, 2.24) is 25.1 Å².